The number of hydrogen-bond acceptors (Lipinski definition) is 7. The zero-order valence-corrected chi connectivity index (χ0v) is 17.8. The molecule has 1 atom stereocenters. The minimum absolute atomic E-state index is 0.0235. The summed E-state index contributed by atoms with van der Waals surface area (Å²) in [7, 11) is -4.00. The van der Waals surface area contributed by atoms with E-state index in [1.807, 2.05) is 19.9 Å². The van der Waals surface area contributed by atoms with Gasteiger partial charge in [-0.1, -0.05) is 0 Å². The first-order valence-electron chi connectivity index (χ1n) is 9.66. The zero-order valence-electron chi connectivity index (χ0n) is 17.0. The quantitative estimate of drug-likeness (QED) is 0.324. The summed E-state index contributed by atoms with van der Waals surface area (Å²) < 4.78 is 59.5. The topological polar surface area (TPSA) is 92.0 Å². The minimum Gasteiger partial charge on any atom is -0.485 e. The maximum absolute atomic E-state index is 13.0. The Morgan fingerprint density at radius 2 is 1.84 bits per heavy atom. The molecule has 7 nitrogen and oxygen atoms in total. The van der Waals surface area contributed by atoms with Crippen molar-refractivity contribution in [1.29, 1.82) is 0 Å². The molecule has 0 fully saturated rings. The molecule has 0 bridgehead atoms. The molecule has 164 valence electrons. The molecule has 0 N–H and O–H groups in total. The minimum atomic E-state index is -4.00. The van der Waals surface area contributed by atoms with E-state index < -0.39 is 27.2 Å². The van der Waals surface area contributed by atoms with Crippen LogP contribution < -0.4 is 10.4 Å². The van der Waals surface area contributed by atoms with Gasteiger partial charge in [-0.15, -0.1) is 0 Å². The van der Waals surface area contributed by atoms with Crippen LogP contribution in [-0.4, -0.2) is 33.3 Å². The van der Waals surface area contributed by atoms with Gasteiger partial charge in [-0.3, -0.25) is 4.18 Å². The number of fused-ring (bicyclic) bond motifs is 2. The van der Waals surface area contributed by atoms with Gasteiger partial charge in [-0.05, 0) is 55.8 Å². The highest BCUT2D eigenvalue weighted by Crippen LogP contribution is 2.37. The second-order valence-corrected chi connectivity index (χ2v) is 9.37. The van der Waals surface area contributed by atoms with Crippen molar-refractivity contribution in [2.45, 2.75) is 36.9 Å². The summed E-state index contributed by atoms with van der Waals surface area (Å²) in [5.41, 5.74) is 0.205. The summed E-state index contributed by atoms with van der Waals surface area (Å²) in [5, 5.41) is 0.772. The normalized spacial score (nSPS) is 17.8. The predicted octanol–water partition coefficient (Wildman–Crippen LogP) is 3.44. The van der Waals surface area contributed by atoms with E-state index in [0.29, 0.717) is 17.8 Å². The fourth-order valence-corrected chi connectivity index (χ4v) is 4.35. The smallest absolute Gasteiger partial charge is 0.336 e. The van der Waals surface area contributed by atoms with Gasteiger partial charge >= 0.3 is 5.63 Å². The van der Waals surface area contributed by atoms with Crippen LogP contribution in [0.3, 0.4) is 0 Å². The monoisotopic (exact) mass is 448 g/mol. The number of benzene rings is 2. The Morgan fingerprint density at radius 3 is 2.58 bits per heavy atom. The van der Waals surface area contributed by atoms with Crippen LogP contribution in [0.15, 0.2) is 62.6 Å². The summed E-state index contributed by atoms with van der Waals surface area (Å²) in [6, 6.07) is 11.0. The molecule has 9 heteroatoms. The summed E-state index contributed by atoms with van der Waals surface area (Å²) in [6.45, 7) is 3.56. The molecule has 3 aromatic rings. The standard InChI is InChI=1S/C22H21FO7S/c1-22(2)20(27-9-10-28-31(25,26)17-6-4-16(23)5-7-17)12-15-11-14-3-8-21(24)29-18(14)13-19(15)30-22/h3-8,11,13,20H,9-10,12H2,1-2H3/t20-/m0/s1. The second-order valence-electron chi connectivity index (χ2n) is 7.75. The molecule has 2 aromatic carbocycles. The maximum atomic E-state index is 13.0. The molecule has 0 saturated heterocycles. The highest BCUT2D eigenvalue weighted by Gasteiger charge is 2.38. The number of hydrogen-bond donors (Lipinski definition) is 0. The predicted molar refractivity (Wildman–Crippen MR) is 110 cm³/mol. The molecule has 1 aliphatic rings. The summed E-state index contributed by atoms with van der Waals surface area (Å²) in [4.78, 5) is 11.3. The van der Waals surface area contributed by atoms with Crippen LogP contribution in [0.4, 0.5) is 4.39 Å². The van der Waals surface area contributed by atoms with Gasteiger partial charge in [0.15, 0.2) is 0 Å². The van der Waals surface area contributed by atoms with Crippen molar-refractivity contribution in [3.8, 4) is 5.75 Å². The van der Waals surface area contributed by atoms with Gasteiger partial charge in [0.1, 0.15) is 28.9 Å². The van der Waals surface area contributed by atoms with Crippen LogP contribution in [-0.2, 0) is 25.5 Å². The fraction of sp³-hybridized carbons (Fsp3) is 0.318. The molecule has 2 heterocycles. The molecule has 0 saturated carbocycles. The molecule has 0 unspecified atom stereocenters. The van der Waals surface area contributed by atoms with Crippen molar-refractivity contribution < 1.29 is 30.9 Å². The Bertz CT molecular complexity index is 1260. The average molecular weight is 448 g/mol. The molecule has 4 rings (SSSR count). The lowest BCUT2D eigenvalue weighted by atomic mass is 9.90. The van der Waals surface area contributed by atoms with Gasteiger partial charge < -0.3 is 13.9 Å². The van der Waals surface area contributed by atoms with Gasteiger partial charge in [0, 0.05) is 23.9 Å². The number of rotatable bonds is 6. The molecule has 0 amide bonds. The number of ether oxygens (including phenoxy) is 2. The van der Waals surface area contributed by atoms with E-state index in [2.05, 4.69) is 0 Å². The summed E-state index contributed by atoms with van der Waals surface area (Å²) in [5.74, 6) is 0.0823. The summed E-state index contributed by atoms with van der Waals surface area (Å²) in [6.07, 6.45) is 0.174. The Hall–Kier alpha value is -2.75. The van der Waals surface area contributed by atoms with Gasteiger partial charge in [-0.25, -0.2) is 9.18 Å². The lowest BCUT2D eigenvalue weighted by molar-refractivity contribution is -0.0881. The van der Waals surface area contributed by atoms with Gasteiger partial charge in [0.05, 0.1) is 18.1 Å². The van der Waals surface area contributed by atoms with Crippen LogP contribution in [0, 0.1) is 5.82 Å². The van der Waals surface area contributed by atoms with Crippen LogP contribution in [0.1, 0.15) is 19.4 Å². The first kappa shape index (κ1) is 21.5. The Balaban J connectivity index is 1.42. The highest BCUT2D eigenvalue weighted by molar-refractivity contribution is 7.86. The molecular formula is C22H21FO7S. The first-order chi connectivity index (χ1) is 14.6. The second kappa shape index (κ2) is 8.07. The molecule has 31 heavy (non-hydrogen) atoms. The number of halogens is 1. The third kappa shape index (κ3) is 4.63. The molecule has 0 spiro atoms. The van der Waals surface area contributed by atoms with Gasteiger partial charge in [0.2, 0.25) is 0 Å². The van der Waals surface area contributed by atoms with Gasteiger partial charge in [0.25, 0.3) is 10.1 Å². The van der Waals surface area contributed by atoms with Crippen LogP contribution in [0.5, 0.6) is 5.75 Å². The largest absolute Gasteiger partial charge is 0.485 e. The van der Waals surface area contributed by atoms with E-state index >= 15 is 0 Å². The van der Waals surface area contributed by atoms with Crippen molar-refractivity contribution in [3.05, 3.63) is 70.3 Å². The van der Waals surface area contributed by atoms with Crippen molar-refractivity contribution in [3.63, 3.8) is 0 Å². The molecular weight excluding hydrogens is 427 g/mol. The maximum Gasteiger partial charge on any atom is 0.336 e. The average Bonchev–Trinajstić information content (AvgIpc) is 2.70. The Kier molecular flexibility index (Phi) is 5.59. The molecule has 0 aliphatic carbocycles. The molecule has 1 aliphatic heterocycles. The van der Waals surface area contributed by atoms with Crippen LogP contribution in [0.2, 0.25) is 0 Å². The first-order valence-corrected chi connectivity index (χ1v) is 11.1. The Labute approximate surface area is 178 Å². The van der Waals surface area contributed by atoms with E-state index in [9.17, 15) is 17.6 Å². The van der Waals surface area contributed by atoms with Crippen molar-refractivity contribution in [2.24, 2.45) is 0 Å². The van der Waals surface area contributed by atoms with Crippen LogP contribution in [0.25, 0.3) is 11.0 Å². The van der Waals surface area contributed by atoms with Crippen molar-refractivity contribution in [1.82, 2.24) is 0 Å². The SMILES string of the molecule is CC1(C)Oc2cc3oc(=O)ccc3cc2C[C@@H]1OCCOS(=O)(=O)c1ccc(F)cc1. The zero-order chi connectivity index (χ0) is 22.2. The lowest BCUT2D eigenvalue weighted by Gasteiger charge is -2.39. The fourth-order valence-electron chi connectivity index (χ4n) is 3.46. The third-order valence-electron chi connectivity index (χ3n) is 5.10. The van der Waals surface area contributed by atoms with E-state index in [0.717, 1.165) is 35.2 Å². The Morgan fingerprint density at radius 1 is 1.10 bits per heavy atom. The van der Waals surface area contributed by atoms with Crippen molar-refractivity contribution in [2.75, 3.05) is 13.2 Å². The molecule has 1 aromatic heterocycles. The van der Waals surface area contributed by atoms with E-state index in [1.165, 1.54) is 6.07 Å². The van der Waals surface area contributed by atoms with E-state index in [4.69, 9.17) is 18.1 Å². The highest BCUT2D eigenvalue weighted by atomic mass is 32.2. The van der Waals surface area contributed by atoms with E-state index in [-0.39, 0.29) is 24.2 Å². The summed E-state index contributed by atoms with van der Waals surface area (Å²) >= 11 is 0. The third-order valence-corrected chi connectivity index (χ3v) is 6.43. The van der Waals surface area contributed by atoms with Crippen molar-refractivity contribution >= 4 is 21.1 Å². The molecule has 0 radical (unpaired) electrons. The van der Waals surface area contributed by atoms with E-state index in [1.54, 1.807) is 12.1 Å². The lowest BCUT2D eigenvalue weighted by Crippen LogP contribution is -2.48. The van der Waals surface area contributed by atoms with Crippen LogP contribution >= 0.6 is 0 Å². The van der Waals surface area contributed by atoms with Gasteiger partial charge in [-0.2, -0.15) is 8.42 Å².